The third kappa shape index (κ3) is 3.69. The van der Waals surface area contributed by atoms with Gasteiger partial charge in [-0.15, -0.1) is 0 Å². The van der Waals surface area contributed by atoms with Crippen molar-refractivity contribution in [1.82, 2.24) is 4.98 Å². The van der Waals surface area contributed by atoms with Crippen LogP contribution in [0.15, 0.2) is 42.6 Å². The van der Waals surface area contributed by atoms with E-state index in [9.17, 15) is 4.79 Å². The lowest BCUT2D eigenvalue weighted by atomic mass is 10.2. The molecule has 4 nitrogen and oxygen atoms in total. The van der Waals surface area contributed by atoms with Crippen molar-refractivity contribution >= 4 is 23.3 Å². The van der Waals surface area contributed by atoms with Crippen LogP contribution in [-0.4, -0.2) is 17.6 Å². The van der Waals surface area contributed by atoms with Crippen LogP contribution in [-0.2, 0) is 11.2 Å². The molecule has 98 valence electrons. The van der Waals surface area contributed by atoms with Gasteiger partial charge in [-0.2, -0.15) is 0 Å². The third-order valence-electron chi connectivity index (χ3n) is 2.55. The topological polar surface area (TPSA) is 65.2 Å². The number of aromatic nitrogens is 1. The van der Waals surface area contributed by atoms with Gasteiger partial charge in [0.25, 0.3) is 0 Å². The summed E-state index contributed by atoms with van der Waals surface area (Å²) < 4.78 is 5.15. The van der Waals surface area contributed by atoms with E-state index in [1.54, 1.807) is 18.3 Å². The van der Waals surface area contributed by atoms with E-state index in [1.807, 2.05) is 18.2 Å². The van der Waals surface area contributed by atoms with Gasteiger partial charge in [0.05, 0.1) is 22.9 Å². The molecule has 0 spiro atoms. The molecule has 0 saturated heterocycles. The molecule has 0 aliphatic carbocycles. The molecule has 19 heavy (non-hydrogen) atoms. The number of nitrogens with zero attached hydrogens (tertiary/aromatic N) is 1. The van der Waals surface area contributed by atoms with Crippen LogP contribution in [0.2, 0.25) is 5.02 Å². The van der Waals surface area contributed by atoms with E-state index in [4.69, 9.17) is 22.1 Å². The van der Waals surface area contributed by atoms with Crippen molar-refractivity contribution < 1.29 is 9.53 Å². The zero-order chi connectivity index (χ0) is 13.7. The van der Waals surface area contributed by atoms with Crippen LogP contribution in [0, 0.1) is 0 Å². The van der Waals surface area contributed by atoms with Gasteiger partial charge in [-0.1, -0.05) is 17.7 Å². The number of esters is 1. The van der Waals surface area contributed by atoms with Gasteiger partial charge in [0.2, 0.25) is 0 Å². The van der Waals surface area contributed by atoms with Gasteiger partial charge in [-0.25, -0.2) is 4.79 Å². The summed E-state index contributed by atoms with van der Waals surface area (Å²) in [5.41, 5.74) is 7.28. The molecule has 1 aromatic carbocycles. The molecule has 2 aromatic rings. The molecule has 0 saturated carbocycles. The van der Waals surface area contributed by atoms with Crippen LogP contribution in [0.3, 0.4) is 0 Å². The van der Waals surface area contributed by atoms with E-state index in [0.717, 1.165) is 5.69 Å². The number of carbonyl (C=O) groups is 1. The molecule has 0 aliphatic heterocycles. The number of anilines is 1. The highest BCUT2D eigenvalue weighted by Crippen LogP contribution is 2.20. The van der Waals surface area contributed by atoms with Crippen molar-refractivity contribution in [3.8, 4) is 0 Å². The van der Waals surface area contributed by atoms with Crippen LogP contribution in [0.1, 0.15) is 16.1 Å². The summed E-state index contributed by atoms with van der Waals surface area (Å²) in [7, 11) is 0. The minimum absolute atomic E-state index is 0.276. The number of carbonyl (C=O) groups excluding carboxylic acids is 1. The largest absolute Gasteiger partial charge is 0.462 e. The molecule has 0 atom stereocenters. The molecule has 0 amide bonds. The van der Waals surface area contributed by atoms with Gasteiger partial charge in [-0.3, -0.25) is 4.98 Å². The lowest BCUT2D eigenvalue weighted by Gasteiger charge is -2.05. The van der Waals surface area contributed by atoms with Crippen LogP contribution >= 0.6 is 11.6 Å². The third-order valence-corrected chi connectivity index (χ3v) is 2.88. The molecule has 0 bridgehead atoms. The number of rotatable bonds is 4. The highest BCUT2D eigenvalue weighted by Gasteiger charge is 2.09. The fraction of sp³-hybridized carbons (Fsp3) is 0.143. The summed E-state index contributed by atoms with van der Waals surface area (Å²) in [6, 6.07) is 10.3. The number of benzene rings is 1. The lowest BCUT2D eigenvalue weighted by molar-refractivity contribution is 0.0508. The first-order chi connectivity index (χ1) is 9.16. The Balaban J connectivity index is 1.89. The smallest absolute Gasteiger partial charge is 0.338 e. The fourth-order valence-electron chi connectivity index (χ4n) is 1.53. The van der Waals surface area contributed by atoms with E-state index in [1.165, 1.54) is 6.07 Å². The van der Waals surface area contributed by atoms with Crippen molar-refractivity contribution in [2.45, 2.75) is 6.42 Å². The van der Waals surface area contributed by atoms with Crippen LogP contribution < -0.4 is 5.73 Å². The number of ether oxygens (including phenoxy) is 1. The van der Waals surface area contributed by atoms with Crippen LogP contribution in [0.4, 0.5) is 5.69 Å². The molecule has 1 heterocycles. The van der Waals surface area contributed by atoms with Gasteiger partial charge < -0.3 is 10.5 Å². The van der Waals surface area contributed by atoms with Crippen molar-refractivity contribution in [3.05, 3.63) is 58.9 Å². The predicted octanol–water partition coefficient (Wildman–Crippen LogP) is 2.72. The van der Waals surface area contributed by atoms with Gasteiger partial charge >= 0.3 is 5.97 Å². The Morgan fingerprint density at radius 3 is 2.84 bits per heavy atom. The number of nitrogens with two attached hydrogens (primary N) is 1. The van der Waals surface area contributed by atoms with E-state index in [2.05, 4.69) is 4.98 Å². The maximum atomic E-state index is 11.8. The molecule has 0 unspecified atom stereocenters. The molecule has 0 radical (unpaired) electrons. The predicted molar refractivity (Wildman–Crippen MR) is 74.1 cm³/mol. The average Bonchev–Trinajstić information content (AvgIpc) is 2.43. The molecular weight excluding hydrogens is 264 g/mol. The summed E-state index contributed by atoms with van der Waals surface area (Å²) >= 11 is 5.85. The summed E-state index contributed by atoms with van der Waals surface area (Å²) in [4.78, 5) is 15.9. The second-order valence-electron chi connectivity index (χ2n) is 3.94. The SMILES string of the molecule is Nc1ccc(C(=O)OCCc2ccccn2)cc1Cl. The second-order valence-corrected chi connectivity index (χ2v) is 4.35. The monoisotopic (exact) mass is 276 g/mol. The van der Waals surface area contributed by atoms with Gasteiger partial charge in [-0.05, 0) is 30.3 Å². The zero-order valence-corrected chi connectivity index (χ0v) is 10.9. The highest BCUT2D eigenvalue weighted by atomic mass is 35.5. The molecule has 0 aliphatic rings. The Morgan fingerprint density at radius 1 is 1.32 bits per heavy atom. The fourth-order valence-corrected chi connectivity index (χ4v) is 1.71. The first-order valence-corrected chi connectivity index (χ1v) is 6.16. The molecule has 1 aromatic heterocycles. The molecule has 0 fully saturated rings. The summed E-state index contributed by atoms with van der Waals surface area (Å²) in [5, 5.41) is 0.346. The van der Waals surface area contributed by atoms with Crippen LogP contribution in [0.5, 0.6) is 0 Å². The number of hydrogen-bond donors (Lipinski definition) is 1. The first kappa shape index (κ1) is 13.4. The first-order valence-electron chi connectivity index (χ1n) is 5.79. The Bertz CT molecular complexity index is 573. The summed E-state index contributed by atoms with van der Waals surface area (Å²) in [6.45, 7) is 0.276. The van der Waals surface area contributed by atoms with Gasteiger partial charge in [0, 0.05) is 18.3 Å². The average molecular weight is 277 g/mol. The normalized spacial score (nSPS) is 10.2. The summed E-state index contributed by atoms with van der Waals surface area (Å²) in [5.74, 6) is -0.419. The van der Waals surface area contributed by atoms with E-state index < -0.39 is 5.97 Å². The number of pyridine rings is 1. The van der Waals surface area contributed by atoms with Crippen molar-refractivity contribution in [3.63, 3.8) is 0 Å². The van der Waals surface area contributed by atoms with Crippen LogP contribution in [0.25, 0.3) is 0 Å². The van der Waals surface area contributed by atoms with Gasteiger partial charge in [0.1, 0.15) is 0 Å². The summed E-state index contributed by atoms with van der Waals surface area (Å²) in [6.07, 6.45) is 2.28. The molecule has 5 heteroatoms. The van der Waals surface area contributed by atoms with E-state index in [0.29, 0.717) is 22.7 Å². The van der Waals surface area contributed by atoms with Gasteiger partial charge in [0.15, 0.2) is 0 Å². The van der Waals surface area contributed by atoms with E-state index in [-0.39, 0.29) is 6.61 Å². The Labute approximate surface area is 116 Å². The zero-order valence-electron chi connectivity index (χ0n) is 10.2. The minimum atomic E-state index is -0.419. The number of halogens is 1. The van der Waals surface area contributed by atoms with Crippen molar-refractivity contribution in [2.24, 2.45) is 0 Å². The van der Waals surface area contributed by atoms with E-state index >= 15 is 0 Å². The van der Waals surface area contributed by atoms with Crippen molar-refractivity contribution in [2.75, 3.05) is 12.3 Å². The standard InChI is InChI=1S/C14H13ClN2O2/c15-12-9-10(4-5-13(12)16)14(18)19-8-6-11-3-1-2-7-17-11/h1-5,7,9H,6,8,16H2. The molecular formula is C14H13ClN2O2. The van der Waals surface area contributed by atoms with Crippen molar-refractivity contribution in [1.29, 1.82) is 0 Å². The number of hydrogen-bond acceptors (Lipinski definition) is 4. The Morgan fingerprint density at radius 2 is 2.16 bits per heavy atom. The highest BCUT2D eigenvalue weighted by molar-refractivity contribution is 6.33. The molecule has 2 N–H and O–H groups in total. The maximum Gasteiger partial charge on any atom is 0.338 e. The molecule has 2 rings (SSSR count). The Kier molecular flexibility index (Phi) is 4.36. The maximum absolute atomic E-state index is 11.8. The lowest BCUT2D eigenvalue weighted by Crippen LogP contribution is -2.09. The quantitative estimate of drug-likeness (QED) is 0.689. The minimum Gasteiger partial charge on any atom is -0.462 e. The second kappa shape index (κ2) is 6.20. The number of nitrogen functional groups attached to an aromatic ring is 1. The Hall–Kier alpha value is -2.07.